The van der Waals surface area contributed by atoms with Crippen molar-refractivity contribution in [3.05, 3.63) is 89.6 Å². The number of hydrogen-bond donors (Lipinski definition) is 4. The van der Waals surface area contributed by atoms with E-state index >= 15 is 0 Å². The third-order valence-electron chi connectivity index (χ3n) is 4.67. The van der Waals surface area contributed by atoms with Crippen LogP contribution in [0.15, 0.2) is 72.9 Å². The molecular weight excluding hydrogens is 378 g/mol. The van der Waals surface area contributed by atoms with E-state index in [0.717, 1.165) is 16.5 Å². The van der Waals surface area contributed by atoms with Crippen LogP contribution >= 0.6 is 0 Å². The SMILES string of the molecule is NC(=O)/C(=C/c1c[nH]c2nc(NC(=O)c3ccccc3N)ccc12)c1ccccc1. The molecule has 148 valence electrons. The molecule has 2 amide bonds. The molecule has 0 radical (unpaired) electrons. The summed E-state index contributed by atoms with van der Waals surface area (Å²) in [5, 5.41) is 3.54. The normalized spacial score (nSPS) is 11.4. The van der Waals surface area contributed by atoms with Crippen molar-refractivity contribution in [2.45, 2.75) is 0 Å². The number of carbonyl (C=O) groups is 2. The fourth-order valence-electron chi connectivity index (χ4n) is 3.17. The van der Waals surface area contributed by atoms with E-state index in [2.05, 4.69) is 15.3 Å². The first-order valence-corrected chi connectivity index (χ1v) is 9.24. The quantitative estimate of drug-likeness (QED) is 0.304. The Morgan fingerprint density at radius 2 is 1.70 bits per heavy atom. The van der Waals surface area contributed by atoms with Gasteiger partial charge in [-0.15, -0.1) is 0 Å². The Labute approximate surface area is 172 Å². The highest BCUT2D eigenvalue weighted by Crippen LogP contribution is 2.25. The van der Waals surface area contributed by atoms with E-state index in [9.17, 15) is 9.59 Å². The van der Waals surface area contributed by atoms with Crippen molar-refractivity contribution < 1.29 is 9.59 Å². The number of hydrogen-bond acceptors (Lipinski definition) is 4. The molecule has 0 fully saturated rings. The lowest BCUT2D eigenvalue weighted by molar-refractivity contribution is -0.112. The molecule has 2 aromatic heterocycles. The van der Waals surface area contributed by atoms with Gasteiger partial charge in [-0.1, -0.05) is 42.5 Å². The van der Waals surface area contributed by atoms with E-state index in [1.54, 1.807) is 42.6 Å². The molecule has 4 aromatic rings. The number of primary amides is 1. The highest BCUT2D eigenvalue weighted by atomic mass is 16.2. The van der Waals surface area contributed by atoms with Crippen LogP contribution in [0.3, 0.4) is 0 Å². The molecule has 2 aromatic carbocycles. The van der Waals surface area contributed by atoms with E-state index < -0.39 is 5.91 Å². The van der Waals surface area contributed by atoms with Gasteiger partial charge in [0, 0.05) is 28.4 Å². The van der Waals surface area contributed by atoms with Gasteiger partial charge in [-0.05, 0) is 35.9 Å². The minimum atomic E-state index is -0.521. The first kappa shape index (κ1) is 18.9. The van der Waals surface area contributed by atoms with Crippen LogP contribution in [0.4, 0.5) is 11.5 Å². The largest absolute Gasteiger partial charge is 0.398 e. The average Bonchev–Trinajstić information content (AvgIpc) is 3.14. The molecule has 4 rings (SSSR count). The Morgan fingerprint density at radius 1 is 0.967 bits per heavy atom. The number of rotatable bonds is 5. The fraction of sp³-hybridized carbons (Fsp3) is 0. The van der Waals surface area contributed by atoms with Crippen molar-refractivity contribution in [2.24, 2.45) is 5.73 Å². The summed E-state index contributed by atoms with van der Waals surface area (Å²) in [6.45, 7) is 0. The molecule has 0 saturated carbocycles. The molecule has 0 saturated heterocycles. The number of nitrogens with one attached hydrogen (secondary N) is 2. The number of fused-ring (bicyclic) bond motifs is 1. The van der Waals surface area contributed by atoms with E-state index in [4.69, 9.17) is 11.5 Å². The van der Waals surface area contributed by atoms with Crippen LogP contribution < -0.4 is 16.8 Å². The zero-order chi connectivity index (χ0) is 21.1. The lowest BCUT2D eigenvalue weighted by atomic mass is 10.0. The molecule has 2 heterocycles. The summed E-state index contributed by atoms with van der Waals surface area (Å²) < 4.78 is 0. The van der Waals surface area contributed by atoms with Crippen LogP contribution in [0.2, 0.25) is 0 Å². The molecule has 30 heavy (non-hydrogen) atoms. The zero-order valence-corrected chi connectivity index (χ0v) is 15.9. The van der Waals surface area contributed by atoms with Crippen LogP contribution in [-0.4, -0.2) is 21.8 Å². The number of carbonyl (C=O) groups excluding carboxylic acids is 2. The molecule has 0 atom stereocenters. The minimum Gasteiger partial charge on any atom is -0.398 e. The van der Waals surface area contributed by atoms with Crippen molar-refractivity contribution >= 4 is 46.0 Å². The van der Waals surface area contributed by atoms with Crippen molar-refractivity contribution in [2.75, 3.05) is 11.1 Å². The number of nitrogen functional groups attached to an aromatic ring is 1. The molecule has 0 aliphatic carbocycles. The van der Waals surface area contributed by atoms with Crippen LogP contribution in [0.25, 0.3) is 22.7 Å². The summed E-state index contributed by atoms with van der Waals surface area (Å²) in [4.78, 5) is 31.9. The molecule has 0 spiro atoms. The molecule has 6 N–H and O–H groups in total. The summed E-state index contributed by atoms with van der Waals surface area (Å²) in [6, 6.07) is 19.5. The second-order valence-corrected chi connectivity index (χ2v) is 6.67. The predicted molar refractivity (Wildman–Crippen MR) is 118 cm³/mol. The van der Waals surface area contributed by atoms with Crippen molar-refractivity contribution in [3.8, 4) is 0 Å². The Morgan fingerprint density at radius 3 is 2.43 bits per heavy atom. The lowest BCUT2D eigenvalue weighted by Gasteiger charge is -2.07. The number of benzene rings is 2. The van der Waals surface area contributed by atoms with Crippen molar-refractivity contribution in [1.29, 1.82) is 0 Å². The van der Waals surface area contributed by atoms with Gasteiger partial charge < -0.3 is 21.8 Å². The molecule has 0 bridgehead atoms. The molecular formula is C23H19N5O2. The second kappa shape index (κ2) is 7.92. The summed E-state index contributed by atoms with van der Waals surface area (Å²) in [6.07, 6.45) is 3.46. The number of aromatic nitrogens is 2. The van der Waals surface area contributed by atoms with Gasteiger partial charge in [-0.25, -0.2) is 4.98 Å². The number of para-hydroxylation sites is 1. The van der Waals surface area contributed by atoms with Gasteiger partial charge in [0.15, 0.2) is 0 Å². The number of anilines is 2. The second-order valence-electron chi connectivity index (χ2n) is 6.67. The predicted octanol–water partition coefficient (Wildman–Crippen LogP) is 3.42. The average molecular weight is 397 g/mol. The number of H-pyrrole nitrogens is 1. The lowest BCUT2D eigenvalue weighted by Crippen LogP contribution is -2.14. The van der Waals surface area contributed by atoms with E-state index in [1.165, 1.54) is 0 Å². The first-order chi connectivity index (χ1) is 14.5. The number of aromatic amines is 1. The highest BCUT2D eigenvalue weighted by Gasteiger charge is 2.13. The number of amides is 2. The van der Waals surface area contributed by atoms with Gasteiger partial charge >= 0.3 is 0 Å². The molecule has 0 aliphatic rings. The van der Waals surface area contributed by atoms with Crippen LogP contribution in [0.5, 0.6) is 0 Å². The molecule has 7 heteroatoms. The summed E-state index contributed by atoms with van der Waals surface area (Å²) in [7, 11) is 0. The van der Waals surface area contributed by atoms with Crippen LogP contribution in [-0.2, 0) is 4.79 Å². The van der Waals surface area contributed by atoms with Crippen molar-refractivity contribution in [1.82, 2.24) is 9.97 Å². The van der Waals surface area contributed by atoms with E-state index in [0.29, 0.717) is 28.3 Å². The Kier molecular flexibility index (Phi) is 5.00. The molecule has 7 nitrogen and oxygen atoms in total. The Bertz CT molecular complexity index is 1280. The Hall–Kier alpha value is -4.39. The van der Waals surface area contributed by atoms with E-state index in [1.807, 2.05) is 36.4 Å². The monoisotopic (exact) mass is 397 g/mol. The van der Waals surface area contributed by atoms with Gasteiger partial charge in [0.25, 0.3) is 5.91 Å². The third kappa shape index (κ3) is 3.77. The van der Waals surface area contributed by atoms with E-state index in [-0.39, 0.29) is 5.91 Å². The summed E-state index contributed by atoms with van der Waals surface area (Å²) in [5.74, 6) is -0.481. The van der Waals surface area contributed by atoms with Crippen molar-refractivity contribution in [3.63, 3.8) is 0 Å². The maximum absolute atomic E-state index is 12.5. The standard InChI is InChI=1S/C23H19N5O2/c24-19-9-5-4-8-17(19)23(30)28-20-11-10-16-15(13-26-22(16)27-20)12-18(21(25)29)14-6-2-1-3-7-14/h1-13H,24H2,(H2,25,29)(H2,26,27,28,30)/b18-12+. The van der Waals surface area contributed by atoms with Gasteiger partial charge in [0.2, 0.25) is 5.91 Å². The number of nitrogens with zero attached hydrogens (tertiary/aromatic N) is 1. The Balaban J connectivity index is 1.65. The zero-order valence-electron chi connectivity index (χ0n) is 15.9. The molecule has 0 unspecified atom stereocenters. The summed E-state index contributed by atoms with van der Waals surface area (Å²) >= 11 is 0. The van der Waals surface area contributed by atoms with Crippen LogP contribution in [0.1, 0.15) is 21.5 Å². The first-order valence-electron chi connectivity index (χ1n) is 9.24. The minimum absolute atomic E-state index is 0.341. The third-order valence-corrected chi connectivity index (χ3v) is 4.67. The van der Waals surface area contributed by atoms with Crippen LogP contribution in [0, 0.1) is 0 Å². The van der Waals surface area contributed by atoms with Gasteiger partial charge in [-0.3, -0.25) is 9.59 Å². The number of nitrogens with two attached hydrogens (primary N) is 2. The summed E-state index contributed by atoms with van der Waals surface area (Å²) in [5.41, 5.74) is 14.7. The fourth-order valence-corrected chi connectivity index (χ4v) is 3.17. The maximum atomic E-state index is 12.5. The maximum Gasteiger partial charge on any atom is 0.258 e. The van der Waals surface area contributed by atoms with Gasteiger partial charge in [0.1, 0.15) is 11.5 Å². The topological polar surface area (TPSA) is 127 Å². The highest BCUT2D eigenvalue weighted by molar-refractivity contribution is 6.24. The smallest absolute Gasteiger partial charge is 0.258 e. The number of pyridine rings is 1. The van der Waals surface area contributed by atoms with Gasteiger partial charge in [-0.2, -0.15) is 0 Å². The van der Waals surface area contributed by atoms with Gasteiger partial charge in [0.05, 0.1) is 5.56 Å². The molecule has 0 aliphatic heterocycles.